The molecule has 20 heavy (non-hydrogen) atoms. The molecule has 1 N–H and O–H groups in total. The number of hydrogen-bond donors (Lipinski definition) is 1. The minimum Gasteiger partial charge on any atom is -0.311 e. The molecule has 1 aromatic heterocycles. The van der Waals surface area contributed by atoms with Gasteiger partial charge in [-0.25, -0.2) is 0 Å². The molecule has 0 bridgehead atoms. The lowest BCUT2D eigenvalue weighted by Crippen LogP contribution is -2.18. The van der Waals surface area contributed by atoms with Crippen LogP contribution in [0.15, 0.2) is 12.3 Å². The van der Waals surface area contributed by atoms with Gasteiger partial charge >= 0.3 is 0 Å². The number of rotatable bonds is 6. The van der Waals surface area contributed by atoms with Crippen molar-refractivity contribution in [1.82, 2.24) is 15.1 Å². The lowest BCUT2D eigenvalue weighted by Gasteiger charge is -2.21. The molecule has 0 aliphatic heterocycles. The number of nitrogens with zero attached hydrogens (tertiary/aromatic N) is 2. The monoisotopic (exact) mass is 275 g/mol. The summed E-state index contributed by atoms with van der Waals surface area (Å²) in [4.78, 5) is 0. The maximum Gasteiger partial charge on any atom is 0.0762 e. The molecule has 0 amide bonds. The summed E-state index contributed by atoms with van der Waals surface area (Å²) in [6.45, 7) is 2.09. The smallest absolute Gasteiger partial charge is 0.0762 e. The average Bonchev–Trinajstić information content (AvgIpc) is 3.16. The van der Waals surface area contributed by atoms with E-state index in [9.17, 15) is 0 Å². The zero-order chi connectivity index (χ0) is 13.6. The zero-order valence-electron chi connectivity index (χ0n) is 12.7. The summed E-state index contributed by atoms with van der Waals surface area (Å²) in [5, 5.41) is 8.33. The van der Waals surface area contributed by atoms with E-state index in [1.165, 1.54) is 69.9 Å². The van der Waals surface area contributed by atoms with E-state index in [2.05, 4.69) is 22.3 Å². The second-order valence-electron chi connectivity index (χ2n) is 6.69. The van der Waals surface area contributed by atoms with E-state index in [1.807, 2.05) is 0 Å². The molecular formula is C17H29N3. The molecule has 0 unspecified atom stereocenters. The third kappa shape index (κ3) is 3.85. The number of nitrogens with one attached hydrogen (secondary N) is 1. The predicted molar refractivity (Wildman–Crippen MR) is 82.6 cm³/mol. The molecule has 1 aromatic rings. The highest BCUT2D eigenvalue weighted by Crippen LogP contribution is 2.28. The molecule has 0 aromatic carbocycles. The van der Waals surface area contributed by atoms with Gasteiger partial charge in [0.2, 0.25) is 0 Å². The molecule has 2 fully saturated rings. The first-order chi connectivity index (χ1) is 9.92. The van der Waals surface area contributed by atoms with Crippen LogP contribution in [0, 0.1) is 5.92 Å². The first-order valence-corrected chi connectivity index (χ1v) is 8.66. The van der Waals surface area contributed by atoms with E-state index >= 15 is 0 Å². The topological polar surface area (TPSA) is 29.9 Å². The van der Waals surface area contributed by atoms with Crippen LogP contribution in [0.3, 0.4) is 0 Å². The largest absolute Gasteiger partial charge is 0.311 e. The minimum absolute atomic E-state index is 0.663. The molecule has 2 aliphatic carbocycles. The van der Waals surface area contributed by atoms with Crippen LogP contribution in [0.2, 0.25) is 0 Å². The van der Waals surface area contributed by atoms with Gasteiger partial charge in [0.25, 0.3) is 0 Å². The third-order valence-electron chi connectivity index (χ3n) is 5.12. The van der Waals surface area contributed by atoms with E-state index in [4.69, 9.17) is 5.10 Å². The molecule has 0 spiro atoms. The fourth-order valence-corrected chi connectivity index (χ4v) is 3.84. The Morgan fingerprint density at radius 1 is 1.05 bits per heavy atom. The van der Waals surface area contributed by atoms with Crippen LogP contribution in [0.5, 0.6) is 0 Å². The van der Waals surface area contributed by atoms with Crippen molar-refractivity contribution in [1.29, 1.82) is 0 Å². The second-order valence-corrected chi connectivity index (χ2v) is 6.69. The van der Waals surface area contributed by atoms with Gasteiger partial charge in [0.05, 0.1) is 11.7 Å². The Hall–Kier alpha value is -0.830. The van der Waals surface area contributed by atoms with Gasteiger partial charge in [0, 0.05) is 12.7 Å². The Bertz CT molecular complexity index is 387. The Kier molecular flexibility index (Phi) is 5.12. The molecule has 2 aliphatic rings. The van der Waals surface area contributed by atoms with Gasteiger partial charge in [0.15, 0.2) is 0 Å². The molecule has 3 heteroatoms. The summed E-state index contributed by atoms with van der Waals surface area (Å²) in [5.74, 6) is 0.988. The van der Waals surface area contributed by atoms with Crippen molar-refractivity contribution in [3.8, 4) is 0 Å². The van der Waals surface area contributed by atoms with Crippen LogP contribution in [-0.2, 0) is 6.54 Å². The van der Waals surface area contributed by atoms with Gasteiger partial charge < -0.3 is 5.32 Å². The molecule has 2 saturated carbocycles. The van der Waals surface area contributed by atoms with Crippen molar-refractivity contribution in [3.05, 3.63) is 18.0 Å². The molecular weight excluding hydrogens is 246 g/mol. The summed E-state index contributed by atoms with van der Waals surface area (Å²) >= 11 is 0. The Morgan fingerprint density at radius 3 is 2.60 bits per heavy atom. The maximum atomic E-state index is 4.76. The Balaban J connectivity index is 1.38. The molecule has 3 nitrogen and oxygen atoms in total. The van der Waals surface area contributed by atoms with Gasteiger partial charge in [-0.2, -0.15) is 5.10 Å². The zero-order valence-corrected chi connectivity index (χ0v) is 12.7. The van der Waals surface area contributed by atoms with Crippen LogP contribution in [0.4, 0.5) is 0 Å². The van der Waals surface area contributed by atoms with Crippen molar-refractivity contribution < 1.29 is 0 Å². The van der Waals surface area contributed by atoms with Crippen LogP contribution in [0.25, 0.3) is 0 Å². The summed E-state index contributed by atoms with van der Waals surface area (Å²) in [6, 6.07) is 2.85. The number of hydrogen-bond acceptors (Lipinski definition) is 2. The van der Waals surface area contributed by atoms with E-state index in [0.29, 0.717) is 6.04 Å². The predicted octanol–water partition coefficient (Wildman–Crippen LogP) is 4.06. The summed E-state index contributed by atoms with van der Waals surface area (Å²) < 4.78 is 2.22. The van der Waals surface area contributed by atoms with Crippen molar-refractivity contribution in [3.63, 3.8) is 0 Å². The van der Waals surface area contributed by atoms with Crippen molar-refractivity contribution in [2.75, 3.05) is 6.54 Å². The van der Waals surface area contributed by atoms with Crippen molar-refractivity contribution >= 4 is 0 Å². The molecule has 0 radical (unpaired) electrons. The van der Waals surface area contributed by atoms with Gasteiger partial charge in [0.1, 0.15) is 0 Å². The van der Waals surface area contributed by atoms with E-state index in [-0.39, 0.29) is 0 Å². The molecule has 0 atom stereocenters. The Morgan fingerprint density at radius 2 is 1.80 bits per heavy atom. The normalized spacial score (nSPS) is 21.6. The van der Waals surface area contributed by atoms with E-state index in [0.717, 1.165) is 19.0 Å². The van der Waals surface area contributed by atoms with E-state index < -0.39 is 0 Å². The first-order valence-electron chi connectivity index (χ1n) is 8.66. The minimum atomic E-state index is 0.663. The molecule has 112 valence electrons. The highest BCUT2D eigenvalue weighted by molar-refractivity contribution is 4.99. The maximum absolute atomic E-state index is 4.76. The highest BCUT2D eigenvalue weighted by atomic mass is 15.3. The molecule has 1 heterocycles. The van der Waals surface area contributed by atoms with Gasteiger partial charge in [-0.3, -0.25) is 4.68 Å². The van der Waals surface area contributed by atoms with Gasteiger partial charge in [-0.1, -0.05) is 44.9 Å². The number of aromatic nitrogens is 2. The lowest BCUT2D eigenvalue weighted by molar-refractivity contribution is 0.327. The lowest BCUT2D eigenvalue weighted by atomic mass is 9.96. The summed E-state index contributed by atoms with van der Waals surface area (Å²) in [5.41, 5.74) is 1.21. The van der Waals surface area contributed by atoms with Crippen LogP contribution in [0.1, 0.15) is 75.9 Å². The fraction of sp³-hybridized carbons (Fsp3) is 0.824. The highest BCUT2D eigenvalue weighted by Gasteiger charge is 2.16. The molecule has 0 saturated heterocycles. The SMILES string of the molecule is c1cn(C2CCCCC2)nc1CNCCC1CCCC1. The Labute approximate surface area is 123 Å². The average molecular weight is 275 g/mol. The van der Waals surface area contributed by atoms with Gasteiger partial charge in [-0.05, 0) is 37.8 Å². The molecule has 3 rings (SSSR count). The summed E-state index contributed by atoms with van der Waals surface area (Å²) in [7, 11) is 0. The van der Waals surface area contributed by atoms with Gasteiger partial charge in [-0.15, -0.1) is 0 Å². The second kappa shape index (κ2) is 7.26. The standard InChI is InChI=1S/C17H29N3/c1-2-8-17(9-3-1)20-13-11-16(19-20)14-18-12-10-15-6-4-5-7-15/h11,13,15,17-18H,1-10,12,14H2. The first kappa shape index (κ1) is 14.1. The quantitative estimate of drug-likeness (QED) is 0.793. The van der Waals surface area contributed by atoms with Crippen LogP contribution >= 0.6 is 0 Å². The van der Waals surface area contributed by atoms with E-state index in [1.54, 1.807) is 0 Å². The fourth-order valence-electron chi connectivity index (χ4n) is 3.84. The van der Waals surface area contributed by atoms with Crippen LogP contribution < -0.4 is 5.32 Å². The van der Waals surface area contributed by atoms with Crippen molar-refractivity contribution in [2.45, 2.75) is 76.8 Å². The van der Waals surface area contributed by atoms with Crippen LogP contribution in [-0.4, -0.2) is 16.3 Å². The summed E-state index contributed by atoms with van der Waals surface area (Å²) in [6.07, 6.45) is 16.1. The van der Waals surface area contributed by atoms with Crippen molar-refractivity contribution in [2.24, 2.45) is 5.92 Å². The third-order valence-corrected chi connectivity index (χ3v) is 5.12.